The topological polar surface area (TPSA) is 51.2 Å². The lowest BCUT2D eigenvalue weighted by Gasteiger charge is -2.11. The first-order chi connectivity index (χ1) is 9.11. The van der Waals surface area contributed by atoms with Crippen LogP contribution >= 0.6 is 11.6 Å². The molecule has 1 N–H and O–H groups in total. The number of amides is 1. The molecule has 1 amide bonds. The second-order valence-corrected chi connectivity index (χ2v) is 4.36. The van der Waals surface area contributed by atoms with Crippen LogP contribution in [0, 0.1) is 6.92 Å². The Morgan fingerprint density at radius 2 is 2.16 bits per heavy atom. The number of anilines is 1. The lowest BCUT2D eigenvalue weighted by molar-refractivity contribution is 0.102. The van der Waals surface area contributed by atoms with Crippen molar-refractivity contribution in [2.45, 2.75) is 6.92 Å². The van der Waals surface area contributed by atoms with Crippen LogP contribution in [0.3, 0.4) is 0 Å². The first-order valence-electron chi connectivity index (χ1n) is 5.68. The number of hydrogen-bond donors (Lipinski definition) is 1. The van der Waals surface area contributed by atoms with E-state index in [9.17, 15) is 4.79 Å². The number of methoxy groups -OCH3 is 1. The predicted molar refractivity (Wildman–Crippen MR) is 74.9 cm³/mol. The number of carbonyl (C=O) groups excluding carboxylic acids is 1. The Morgan fingerprint density at radius 3 is 2.84 bits per heavy atom. The van der Waals surface area contributed by atoms with Crippen LogP contribution in [0.15, 0.2) is 36.5 Å². The Bertz CT molecular complexity index is 614. The Morgan fingerprint density at radius 1 is 1.37 bits per heavy atom. The van der Waals surface area contributed by atoms with E-state index in [0.717, 1.165) is 5.56 Å². The Balaban J connectivity index is 2.27. The molecule has 1 aromatic heterocycles. The van der Waals surface area contributed by atoms with Crippen molar-refractivity contribution in [2.75, 3.05) is 12.4 Å². The van der Waals surface area contributed by atoms with Crippen molar-refractivity contribution in [3.63, 3.8) is 0 Å². The number of nitrogens with one attached hydrogen (secondary N) is 1. The average Bonchev–Trinajstić information content (AvgIpc) is 2.41. The van der Waals surface area contributed by atoms with E-state index in [4.69, 9.17) is 16.3 Å². The summed E-state index contributed by atoms with van der Waals surface area (Å²) in [6.07, 6.45) is 1.53. The molecule has 0 fully saturated rings. The van der Waals surface area contributed by atoms with E-state index >= 15 is 0 Å². The van der Waals surface area contributed by atoms with Crippen molar-refractivity contribution in [2.24, 2.45) is 0 Å². The predicted octanol–water partition coefficient (Wildman–Crippen LogP) is 3.30. The summed E-state index contributed by atoms with van der Waals surface area (Å²) in [5, 5.41) is 2.93. The maximum absolute atomic E-state index is 12.1. The summed E-state index contributed by atoms with van der Waals surface area (Å²) in [5.74, 6) is 0.286. The molecule has 19 heavy (non-hydrogen) atoms. The van der Waals surface area contributed by atoms with Gasteiger partial charge in [0, 0.05) is 6.20 Å². The van der Waals surface area contributed by atoms with E-state index in [2.05, 4.69) is 10.3 Å². The number of nitrogens with zero attached hydrogens (tertiary/aromatic N) is 1. The number of benzene rings is 1. The fourth-order valence-corrected chi connectivity index (χ4v) is 1.85. The molecule has 2 aromatic rings. The van der Waals surface area contributed by atoms with Gasteiger partial charge in [-0.2, -0.15) is 0 Å². The highest BCUT2D eigenvalue weighted by atomic mass is 35.5. The van der Waals surface area contributed by atoms with E-state index in [-0.39, 0.29) is 11.1 Å². The number of pyridine rings is 1. The number of hydrogen-bond acceptors (Lipinski definition) is 3. The molecule has 0 aliphatic heterocycles. The van der Waals surface area contributed by atoms with Crippen LogP contribution in [0.25, 0.3) is 0 Å². The monoisotopic (exact) mass is 276 g/mol. The molecule has 0 unspecified atom stereocenters. The first kappa shape index (κ1) is 13.4. The Kier molecular flexibility index (Phi) is 4.02. The standard InChI is InChI=1S/C14H13ClN2O2/c1-9-5-6-11(12(8-9)19-2)17-14(18)10-4-3-7-16-13(10)15/h3-8H,1-2H3,(H,17,18). The molecule has 0 saturated carbocycles. The minimum Gasteiger partial charge on any atom is -0.495 e. The molecule has 5 heteroatoms. The van der Waals surface area contributed by atoms with E-state index < -0.39 is 0 Å². The number of halogens is 1. The molecule has 1 aromatic carbocycles. The van der Waals surface area contributed by atoms with Crippen LogP contribution in [0.4, 0.5) is 5.69 Å². The lowest BCUT2D eigenvalue weighted by atomic mass is 10.2. The molecular weight excluding hydrogens is 264 g/mol. The molecule has 4 nitrogen and oxygen atoms in total. The highest BCUT2D eigenvalue weighted by molar-refractivity contribution is 6.33. The second-order valence-electron chi connectivity index (χ2n) is 4.00. The molecule has 0 bridgehead atoms. The first-order valence-corrected chi connectivity index (χ1v) is 6.06. The molecule has 0 aliphatic rings. The van der Waals surface area contributed by atoms with Crippen molar-refractivity contribution in [1.29, 1.82) is 0 Å². The van der Waals surface area contributed by atoms with Crippen molar-refractivity contribution in [3.8, 4) is 5.75 Å². The van der Waals surface area contributed by atoms with Crippen LogP contribution in [0.5, 0.6) is 5.75 Å². The normalized spacial score (nSPS) is 10.1. The van der Waals surface area contributed by atoms with Gasteiger partial charge in [0.1, 0.15) is 10.9 Å². The summed E-state index contributed by atoms with van der Waals surface area (Å²) in [5.41, 5.74) is 1.97. The molecular formula is C14H13ClN2O2. The maximum Gasteiger partial charge on any atom is 0.258 e. The van der Waals surface area contributed by atoms with Gasteiger partial charge in [-0.05, 0) is 36.8 Å². The third kappa shape index (κ3) is 3.03. The molecule has 98 valence electrons. The SMILES string of the molecule is COc1cc(C)ccc1NC(=O)c1cccnc1Cl. The lowest BCUT2D eigenvalue weighted by Crippen LogP contribution is -2.13. The number of carbonyl (C=O) groups is 1. The molecule has 1 heterocycles. The van der Waals surface area contributed by atoms with Crippen LogP contribution < -0.4 is 10.1 Å². The van der Waals surface area contributed by atoms with Gasteiger partial charge in [0.15, 0.2) is 0 Å². The van der Waals surface area contributed by atoms with Gasteiger partial charge < -0.3 is 10.1 Å². The zero-order valence-electron chi connectivity index (χ0n) is 10.6. The van der Waals surface area contributed by atoms with Crippen molar-refractivity contribution < 1.29 is 9.53 Å². The van der Waals surface area contributed by atoms with Crippen molar-refractivity contribution in [1.82, 2.24) is 4.98 Å². The largest absolute Gasteiger partial charge is 0.495 e. The van der Waals surface area contributed by atoms with E-state index in [1.54, 1.807) is 25.3 Å². The smallest absolute Gasteiger partial charge is 0.258 e. The number of ether oxygens (including phenoxy) is 1. The van der Waals surface area contributed by atoms with Gasteiger partial charge >= 0.3 is 0 Å². The number of rotatable bonds is 3. The zero-order valence-corrected chi connectivity index (χ0v) is 11.4. The van der Waals surface area contributed by atoms with Gasteiger partial charge in [-0.3, -0.25) is 4.79 Å². The minimum atomic E-state index is -0.319. The molecule has 2 rings (SSSR count). The van der Waals surface area contributed by atoms with E-state index in [1.807, 2.05) is 19.1 Å². The van der Waals surface area contributed by atoms with E-state index in [1.165, 1.54) is 6.20 Å². The maximum atomic E-state index is 12.1. The fraction of sp³-hybridized carbons (Fsp3) is 0.143. The van der Waals surface area contributed by atoms with Crippen molar-refractivity contribution >= 4 is 23.2 Å². The van der Waals surface area contributed by atoms with E-state index in [0.29, 0.717) is 17.0 Å². The van der Waals surface area contributed by atoms with Crippen LogP contribution in [0.1, 0.15) is 15.9 Å². The third-order valence-corrected chi connectivity index (χ3v) is 2.91. The zero-order chi connectivity index (χ0) is 13.8. The highest BCUT2D eigenvalue weighted by Gasteiger charge is 2.13. The summed E-state index contributed by atoms with van der Waals surface area (Å²) in [6, 6.07) is 8.80. The summed E-state index contributed by atoms with van der Waals surface area (Å²) in [6.45, 7) is 1.95. The van der Waals surface area contributed by atoms with Gasteiger partial charge in [-0.1, -0.05) is 17.7 Å². The molecule has 0 radical (unpaired) electrons. The average molecular weight is 277 g/mol. The Hall–Kier alpha value is -2.07. The Labute approximate surface area is 116 Å². The van der Waals surface area contributed by atoms with Crippen LogP contribution in [0.2, 0.25) is 5.15 Å². The number of aryl methyl sites for hydroxylation is 1. The van der Waals surface area contributed by atoms with Gasteiger partial charge in [-0.15, -0.1) is 0 Å². The molecule has 0 saturated heterocycles. The summed E-state index contributed by atoms with van der Waals surface area (Å²) in [4.78, 5) is 16.0. The highest BCUT2D eigenvalue weighted by Crippen LogP contribution is 2.26. The van der Waals surface area contributed by atoms with Gasteiger partial charge in [0.05, 0.1) is 18.4 Å². The summed E-state index contributed by atoms with van der Waals surface area (Å²) < 4.78 is 5.23. The van der Waals surface area contributed by atoms with Crippen molar-refractivity contribution in [3.05, 3.63) is 52.8 Å². The van der Waals surface area contributed by atoms with Gasteiger partial charge in [0.25, 0.3) is 5.91 Å². The second kappa shape index (κ2) is 5.71. The molecule has 0 atom stereocenters. The summed E-state index contributed by atoms with van der Waals surface area (Å²) >= 11 is 5.88. The van der Waals surface area contributed by atoms with Crippen LogP contribution in [-0.2, 0) is 0 Å². The molecule has 0 spiro atoms. The fourth-order valence-electron chi connectivity index (χ4n) is 1.65. The van der Waals surface area contributed by atoms with Crippen LogP contribution in [-0.4, -0.2) is 18.0 Å². The minimum absolute atomic E-state index is 0.172. The van der Waals surface area contributed by atoms with Gasteiger partial charge in [-0.25, -0.2) is 4.98 Å². The van der Waals surface area contributed by atoms with Gasteiger partial charge in [0.2, 0.25) is 0 Å². The number of aromatic nitrogens is 1. The summed E-state index contributed by atoms with van der Waals surface area (Å²) in [7, 11) is 1.56. The quantitative estimate of drug-likeness (QED) is 0.875. The third-order valence-electron chi connectivity index (χ3n) is 2.61. The molecule has 0 aliphatic carbocycles.